The summed E-state index contributed by atoms with van der Waals surface area (Å²) in [4.78, 5) is 26.1. The highest BCUT2D eigenvalue weighted by atomic mass is 32.1. The number of carbonyl (C=O) groups is 1. The summed E-state index contributed by atoms with van der Waals surface area (Å²) in [6, 6.07) is 10.5. The van der Waals surface area contributed by atoms with Crippen LogP contribution in [0.5, 0.6) is 0 Å². The zero-order chi connectivity index (χ0) is 30.4. The average Bonchev–Trinajstić information content (AvgIpc) is 3.60. The molecule has 5 heterocycles. The molecular formula is C31H35FN8O2S. The predicted octanol–water partition coefficient (Wildman–Crippen LogP) is 3.74. The molecule has 0 aliphatic carbocycles. The number of carbonyl (C=O) groups excluding carboxylic acids is 1. The van der Waals surface area contributed by atoms with Gasteiger partial charge in [-0.25, -0.2) is 13.9 Å². The maximum absolute atomic E-state index is 13.6. The molecule has 0 saturated carbocycles. The summed E-state index contributed by atoms with van der Waals surface area (Å²) in [6.07, 6.45) is 0.334. The number of aryl methyl sites for hydroxylation is 2. The molecule has 224 valence electrons. The van der Waals surface area contributed by atoms with Gasteiger partial charge in [0.15, 0.2) is 5.13 Å². The molecule has 1 N–H and O–H groups in total. The molecule has 2 fully saturated rings. The summed E-state index contributed by atoms with van der Waals surface area (Å²) in [5, 5.41) is 25.0. The molecule has 4 aromatic rings. The number of likely N-dealkylation sites (tertiary alicyclic amines) is 1. The third-order valence-corrected chi connectivity index (χ3v) is 9.60. The van der Waals surface area contributed by atoms with Crippen molar-refractivity contribution >= 4 is 39.3 Å². The first kappa shape index (κ1) is 29.0. The monoisotopic (exact) mass is 602 g/mol. The van der Waals surface area contributed by atoms with E-state index in [0.717, 1.165) is 66.4 Å². The van der Waals surface area contributed by atoms with Gasteiger partial charge in [-0.1, -0.05) is 18.3 Å². The summed E-state index contributed by atoms with van der Waals surface area (Å²) in [5.41, 5.74) is 7.42. The number of piperazine rings is 1. The van der Waals surface area contributed by atoms with Crippen molar-refractivity contribution in [2.24, 2.45) is 0 Å². The minimum atomic E-state index is -0.386. The van der Waals surface area contributed by atoms with Crippen LogP contribution >= 0.6 is 11.3 Å². The second kappa shape index (κ2) is 11.6. The number of hydrogen-bond donors (Lipinski definition) is 1. The van der Waals surface area contributed by atoms with E-state index >= 15 is 0 Å². The van der Waals surface area contributed by atoms with Gasteiger partial charge in [0.05, 0.1) is 29.5 Å². The minimum Gasteiger partial charge on any atom is -0.389 e. The molecule has 43 heavy (non-hydrogen) atoms. The first-order chi connectivity index (χ1) is 20.7. The van der Waals surface area contributed by atoms with E-state index in [1.165, 1.54) is 23.5 Å². The smallest absolute Gasteiger partial charge is 0.236 e. The third-order valence-electron chi connectivity index (χ3n) is 8.56. The Morgan fingerprint density at radius 1 is 1.19 bits per heavy atom. The van der Waals surface area contributed by atoms with Crippen molar-refractivity contribution < 1.29 is 14.3 Å². The number of halogens is 1. The average molecular weight is 603 g/mol. The molecule has 2 aliphatic rings. The molecule has 0 atom stereocenters. The lowest BCUT2D eigenvalue weighted by Gasteiger charge is -2.40. The van der Waals surface area contributed by atoms with Crippen LogP contribution in [0.25, 0.3) is 16.8 Å². The highest BCUT2D eigenvalue weighted by molar-refractivity contribution is 7.16. The number of nitriles is 1. The molecule has 0 bridgehead atoms. The minimum absolute atomic E-state index is 0.0792. The number of aliphatic hydroxyl groups excluding tert-OH is 1. The van der Waals surface area contributed by atoms with Crippen molar-refractivity contribution in [1.82, 2.24) is 24.4 Å². The second-order valence-electron chi connectivity index (χ2n) is 11.3. The molecule has 1 amide bonds. The van der Waals surface area contributed by atoms with Crippen LogP contribution in [0.3, 0.4) is 0 Å². The number of thiazole rings is 1. The summed E-state index contributed by atoms with van der Waals surface area (Å²) < 4.78 is 15.6. The first-order valence-corrected chi connectivity index (χ1v) is 15.4. The molecule has 0 radical (unpaired) electrons. The van der Waals surface area contributed by atoms with Crippen molar-refractivity contribution in [2.75, 3.05) is 62.7 Å². The van der Waals surface area contributed by atoms with Gasteiger partial charge in [0.2, 0.25) is 5.91 Å². The lowest BCUT2D eigenvalue weighted by Crippen LogP contribution is -2.57. The van der Waals surface area contributed by atoms with Gasteiger partial charge >= 0.3 is 0 Å². The number of aromatic nitrogens is 3. The fourth-order valence-corrected chi connectivity index (χ4v) is 6.75. The second-order valence-corrected chi connectivity index (χ2v) is 12.2. The van der Waals surface area contributed by atoms with Crippen LogP contribution in [-0.2, 0) is 11.2 Å². The van der Waals surface area contributed by atoms with Gasteiger partial charge < -0.3 is 19.8 Å². The predicted molar refractivity (Wildman–Crippen MR) is 166 cm³/mol. The Hall–Kier alpha value is -4.05. The lowest BCUT2D eigenvalue weighted by atomic mass is 10.1. The van der Waals surface area contributed by atoms with Crippen LogP contribution in [0.2, 0.25) is 0 Å². The first-order valence-electron chi connectivity index (χ1n) is 14.5. The highest BCUT2D eigenvalue weighted by Gasteiger charge is 2.31. The normalized spacial score (nSPS) is 16.0. The maximum Gasteiger partial charge on any atom is 0.236 e. The quantitative estimate of drug-likeness (QED) is 0.341. The number of amides is 1. The van der Waals surface area contributed by atoms with Gasteiger partial charge in [0.1, 0.15) is 22.5 Å². The number of nitrogens with zero attached hydrogens (tertiary/aromatic N) is 8. The van der Waals surface area contributed by atoms with E-state index in [4.69, 9.17) is 10.1 Å². The van der Waals surface area contributed by atoms with Crippen molar-refractivity contribution in [2.45, 2.75) is 33.3 Å². The fraction of sp³-hybridized carbons (Fsp3) is 0.419. The van der Waals surface area contributed by atoms with E-state index in [1.54, 1.807) is 17.0 Å². The largest absolute Gasteiger partial charge is 0.389 e. The standard InChI is InChI=1S/C31H35FN8O2S/c1-5-24-30(36(4)31-34-29(27(15-33)43-31)21-6-8-22(32)9-7-21)26-14-25(19(2)20(3)40(26)35-24)38-12-10-37(11-13-38)18-28(42)39-16-23(41)17-39/h6-9,14,23,41H,5,10-13,16-18H2,1-4H3. The van der Waals surface area contributed by atoms with Crippen LogP contribution in [-0.4, -0.2) is 94.4 Å². The molecule has 3 aromatic heterocycles. The number of benzene rings is 1. The van der Waals surface area contributed by atoms with Gasteiger partial charge in [-0.15, -0.1) is 0 Å². The van der Waals surface area contributed by atoms with Gasteiger partial charge in [-0.05, 0) is 56.2 Å². The third kappa shape index (κ3) is 5.33. The van der Waals surface area contributed by atoms with E-state index in [-0.39, 0.29) is 17.8 Å². The molecule has 0 spiro atoms. The zero-order valence-electron chi connectivity index (χ0n) is 24.8. The Morgan fingerprint density at radius 3 is 2.51 bits per heavy atom. The Labute approximate surface area is 254 Å². The molecule has 1 aromatic carbocycles. The Morgan fingerprint density at radius 2 is 1.88 bits per heavy atom. The molecular weight excluding hydrogens is 567 g/mol. The summed E-state index contributed by atoms with van der Waals surface area (Å²) in [7, 11) is 1.95. The zero-order valence-corrected chi connectivity index (χ0v) is 25.7. The molecule has 10 nitrogen and oxygen atoms in total. The fourth-order valence-electron chi connectivity index (χ4n) is 5.89. The van der Waals surface area contributed by atoms with Crippen LogP contribution in [0.15, 0.2) is 30.3 Å². The van der Waals surface area contributed by atoms with Gasteiger partial charge in [0.25, 0.3) is 0 Å². The highest BCUT2D eigenvalue weighted by Crippen LogP contribution is 2.40. The van der Waals surface area contributed by atoms with Gasteiger partial charge in [0, 0.05) is 63.3 Å². The van der Waals surface area contributed by atoms with Crippen LogP contribution < -0.4 is 9.80 Å². The van der Waals surface area contributed by atoms with Crippen molar-refractivity contribution in [3.05, 3.63) is 58.0 Å². The molecule has 2 saturated heterocycles. The number of hydrogen-bond acceptors (Lipinski definition) is 9. The molecule has 2 aliphatic heterocycles. The Kier molecular flexibility index (Phi) is 7.81. The van der Waals surface area contributed by atoms with Gasteiger partial charge in [-0.2, -0.15) is 10.4 Å². The molecule has 6 rings (SSSR count). The van der Waals surface area contributed by atoms with E-state index in [2.05, 4.69) is 42.7 Å². The number of anilines is 3. The van der Waals surface area contributed by atoms with Crippen molar-refractivity contribution in [3.63, 3.8) is 0 Å². The number of fused-ring (bicyclic) bond motifs is 1. The summed E-state index contributed by atoms with van der Waals surface area (Å²) in [5.74, 6) is -0.256. The van der Waals surface area contributed by atoms with E-state index < -0.39 is 0 Å². The number of aliphatic hydroxyl groups is 1. The Bertz CT molecular complexity index is 1710. The van der Waals surface area contributed by atoms with Crippen LogP contribution in [0.1, 0.15) is 28.8 Å². The number of pyridine rings is 1. The lowest BCUT2D eigenvalue weighted by molar-refractivity contribution is -0.142. The van der Waals surface area contributed by atoms with E-state index in [1.807, 2.05) is 16.5 Å². The van der Waals surface area contributed by atoms with E-state index in [9.17, 15) is 19.6 Å². The van der Waals surface area contributed by atoms with Crippen LogP contribution in [0.4, 0.5) is 20.9 Å². The summed E-state index contributed by atoms with van der Waals surface area (Å²) >= 11 is 1.31. The Balaban J connectivity index is 1.30. The van der Waals surface area contributed by atoms with Crippen molar-refractivity contribution in [1.29, 1.82) is 5.26 Å². The molecule has 12 heteroatoms. The van der Waals surface area contributed by atoms with E-state index in [0.29, 0.717) is 40.9 Å². The van der Waals surface area contributed by atoms with Gasteiger partial charge in [-0.3, -0.25) is 9.69 Å². The number of β-amino-alcohol motifs (C(OH)–C–C–N with tert-alkyl or cyclic N) is 1. The molecule has 0 unspecified atom stereocenters. The SMILES string of the molecule is CCc1nn2c(C)c(C)c(N3CCN(CC(=O)N4CC(O)C4)CC3)cc2c1N(C)c1nc(-c2ccc(F)cc2)c(C#N)s1. The van der Waals surface area contributed by atoms with Crippen molar-refractivity contribution in [3.8, 4) is 17.3 Å². The summed E-state index contributed by atoms with van der Waals surface area (Å²) in [6.45, 7) is 10.7. The topological polar surface area (TPSA) is 104 Å². The van der Waals surface area contributed by atoms with Crippen LogP contribution in [0, 0.1) is 31.0 Å². The maximum atomic E-state index is 13.6. The number of rotatable bonds is 7.